The SMILES string of the molecule is CCCC(CC)Nc1c(Br)cc(C)cc1Br. The summed E-state index contributed by atoms with van der Waals surface area (Å²) >= 11 is 7.23. The number of anilines is 1. The number of aryl methyl sites for hydroxylation is 1. The lowest BCUT2D eigenvalue weighted by Crippen LogP contribution is -2.18. The topological polar surface area (TPSA) is 12.0 Å². The smallest absolute Gasteiger partial charge is 0.0631 e. The molecule has 0 spiro atoms. The molecule has 0 aliphatic rings. The fourth-order valence-electron chi connectivity index (χ4n) is 1.77. The molecule has 0 fully saturated rings. The Morgan fingerprint density at radius 3 is 2.19 bits per heavy atom. The normalized spacial score (nSPS) is 12.6. The highest BCUT2D eigenvalue weighted by Gasteiger charge is 2.10. The number of hydrogen-bond acceptors (Lipinski definition) is 1. The van der Waals surface area contributed by atoms with Crippen molar-refractivity contribution in [1.29, 1.82) is 0 Å². The minimum Gasteiger partial charge on any atom is -0.380 e. The van der Waals surface area contributed by atoms with Crippen LogP contribution in [0.2, 0.25) is 0 Å². The molecular formula is C13H19Br2N. The van der Waals surface area contributed by atoms with Crippen molar-refractivity contribution in [3.63, 3.8) is 0 Å². The molecule has 0 amide bonds. The maximum atomic E-state index is 3.61. The summed E-state index contributed by atoms with van der Waals surface area (Å²) in [5, 5.41) is 3.60. The van der Waals surface area contributed by atoms with E-state index in [-0.39, 0.29) is 0 Å². The Hall–Kier alpha value is -0.0200. The van der Waals surface area contributed by atoms with Gasteiger partial charge in [-0.05, 0) is 69.3 Å². The second-order valence-corrected chi connectivity index (χ2v) is 5.85. The molecule has 1 unspecified atom stereocenters. The first-order valence-electron chi connectivity index (χ1n) is 5.80. The van der Waals surface area contributed by atoms with Crippen molar-refractivity contribution < 1.29 is 0 Å². The standard InChI is InChI=1S/C13H19Br2N/c1-4-6-10(5-2)16-13-11(14)7-9(3)8-12(13)15/h7-8,10,16H,4-6H2,1-3H3. The zero-order chi connectivity index (χ0) is 12.1. The van der Waals surface area contributed by atoms with E-state index >= 15 is 0 Å². The first-order valence-corrected chi connectivity index (χ1v) is 7.39. The van der Waals surface area contributed by atoms with E-state index in [4.69, 9.17) is 0 Å². The quantitative estimate of drug-likeness (QED) is 0.739. The zero-order valence-corrected chi connectivity index (χ0v) is 13.3. The van der Waals surface area contributed by atoms with Crippen LogP contribution in [0.15, 0.2) is 21.1 Å². The predicted octanol–water partition coefficient (Wildman–Crippen LogP) is 5.51. The van der Waals surface area contributed by atoms with Crippen molar-refractivity contribution in [3.8, 4) is 0 Å². The Labute approximate surface area is 115 Å². The fraction of sp³-hybridized carbons (Fsp3) is 0.538. The lowest BCUT2D eigenvalue weighted by atomic mass is 10.1. The molecule has 16 heavy (non-hydrogen) atoms. The van der Waals surface area contributed by atoms with Crippen LogP contribution in [0.4, 0.5) is 5.69 Å². The van der Waals surface area contributed by atoms with E-state index in [0.29, 0.717) is 6.04 Å². The number of nitrogens with one attached hydrogen (secondary N) is 1. The summed E-state index contributed by atoms with van der Waals surface area (Å²) < 4.78 is 2.27. The Balaban J connectivity index is 2.87. The van der Waals surface area contributed by atoms with Gasteiger partial charge in [-0.15, -0.1) is 0 Å². The number of halogens is 2. The highest BCUT2D eigenvalue weighted by atomic mass is 79.9. The molecule has 90 valence electrons. The predicted molar refractivity (Wildman–Crippen MR) is 79.2 cm³/mol. The fourth-order valence-corrected chi connectivity index (χ4v) is 3.41. The minimum atomic E-state index is 0.556. The van der Waals surface area contributed by atoms with Gasteiger partial charge in [0, 0.05) is 15.0 Å². The minimum absolute atomic E-state index is 0.556. The Morgan fingerprint density at radius 2 is 1.75 bits per heavy atom. The molecule has 0 aliphatic carbocycles. The third-order valence-corrected chi connectivity index (χ3v) is 3.92. The van der Waals surface area contributed by atoms with Crippen LogP contribution in [0.3, 0.4) is 0 Å². The summed E-state index contributed by atoms with van der Waals surface area (Å²) in [7, 11) is 0. The molecule has 0 bridgehead atoms. The summed E-state index contributed by atoms with van der Waals surface area (Å²) in [5.41, 5.74) is 2.43. The van der Waals surface area contributed by atoms with E-state index in [2.05, 4.69) is 70.1 Å². The highest BCUT2D eigenvalue weighted by Crippen LogP contribution is 2.33. The van der Waals surface area contributed by atoms with Crippen LogP contribution in [0.1, 0.15) is 38.7 Å². The lowest BCUT2D eigenvalue weighted by molar-refractivity contribution is 0.622. The highest BCUT2D eigenvalue weighted by molar-refractivity contribution is 9.11. The molecular weight excluding hydrogens is 330 g/mol. The van der Waals surface area contributed by atoms with Crippen LogP contribution in [0.25, 0.3) is 0 Å². The van der Waals surface area contributed by atoms with Gasteiger partial charge in [0.25, 0.3) is 0 Å². The van der Waals surface area contributed by atoms with Crippen LogP contribution >= 0.6 is 31.9 Å². The van der Waals surface area contributed by atoms with Crippen molar-refractivity contribution >= 4 is 37.5 Å². The Bertz CT molecular complexity index is 327. The zero-order valence-electron chi connectivity index (χ0n) is 10.1. The van der Waals surface area contributed by atoms with Crippen LogP contribution < -0.4 is 5.32 Å². The van der Waals surface area contributed by atoms with E-state index in [1.165, 1.54) is 24.1 Å². The molecule has 0 radical (unpaired) electrons. The van der Waals surface area contributed by atoms with Gasteiger partial charge in [0.05, 0.1) is 5.69 Å². The van der Waals surface area contributed by atoms with Gasteiger partial charge in [-0.2, -0.15) is 0 Å². The molecule has 3 heteroatoms. The van der Waals surface area contributed by atoms with Gasteiger partial charge in [0.2, 0.25) is 0 Å². The summed E-state index contributed by atoms with van der Waals surface area (Å²) in [5.74, 6) is 0. The Kier molecular flexibility index (Phi) is 5.84. The van der Waals surface area contributed by atoms with Crippen molar-refractivity contribution in [1.82, 2.24) is 0 Å². The van der Waals surface area contributed by atoms with Crippen molar-refractivity contribution in [2.24, 2.45) is 0 Å². The number of hydrogen-bond donors (Lipinski definition) is 1. The van der Waals surface area contributed by atoms with Crippen molar-refractivity contribution in [3.05, 3.63) is 26.6 Å². The van der Waals surface area contributed by atoms with E-state index in [1.807, 2.05) is 0 Å². The molecule has 0 heterocycles. The molecule has 0 saturated heterocycles. The van der Waals surface area contributed by atoms with Gasteiger partial charge >= 0.3 is 0 Å². The molecule has 1 nitrogen and oxygen atoms in total. The third kappa shape index (κ3) is 3.77. The van der Waals surface area contributed by atoms with E-state index in [1.54, 1.807) is 0 Å². The van der Waals surface area contributed by atoms with Gasteiger partial charge in [-0.1, -0.05) is 20.3 Å². The van der Waals surface area contributed by atoms with Crippen LogP contribution in [0.5, 0.6) is 0 Å². The summed E-state index contributed by atoms with van der Waals surface area (Å²) in [6.45, 7) is 6.55. The van der Waals surface area contributed by atoms with Gasteiger partial charge in [-0.25, -0.2) is 0 Å². The average Bonchev–Trinajstić information content (AvgIpc) is 2.21. The monoisotopic (exact) mass is 347 g/mol. The second-order valence-electron chi connectivity index (χ2n) is 4.14. The molecule has 0 aliphatic heterocycles. The van der Waals surface area contributed by atoms with E-state index in [9.17, 15) is 0 Å². The molecule has 1 aromatic carbocycles. The average molecular weight is 349 g/mol. The molecule has 1 aromatic rings. The molecule has 1 atom stereocenters. The maximum absolute atomic E-state index is 3.61. The van der Waals surface area contributed by atoms with Crippen molar-refractivity contribution in [2.75, 3.05) is 5.32 Å². The maximum Gasteiger partial charge on any atom is 0.0631 e. The molecule has 0 saturated carbocycles. The first-order chi connectivity index (χ1) is 7.58. The largest absolute Gasteiger partial charge is 0.380 e. The number of benzene rings is 1. The van der Waals surface area contributed by atoms with Gasteiger partial charge in [-0.3, -0.25) is 0 Å². The summed E-state index contributed by atoms with van der Waals surface area (Å²) in [4.78, 5) is 0. The van der Waals surface area contributed by atoms with Crippen LogP contribution in [0, 0.1) is 6.92 Å². The first kappa shape index (κ1) is 14.0. The summed E-state index contributed by atoms with van der Waals surface area (Å²) in [6, 6.07) is 4.85. The second kappa shape index (κ2) is 6.65. The van der Waals surface area contributed by atoms with Gasteiger partial charge in [0.15, 0.2) is 0 Å². The van der Waals surface area contributed by atoms with Crippen LogP contribution in [-0.4, -0.2) is 6.04 Å². The Morgan fingerprint density at radius 1 is 1.19 bits per heavy atom. The van der Waals surface area contributed by atoms with E-state index < -0.39 is 0 Å². The molecule has 1 rings (SSSR count). The molecule has 0 aromatic heterocycles. The van der Waals surface area contributed by atoms with Crippen molar-refractivity contribution in [2.45, 2.75) is 46.1 Å². The molecule has 1 N–H and O–H groups in total. The van der Waals surface area contributed by atoms with E-state index in [0.717, 1.165) is 15.4 Å². The lowest BCUT2D eigenvalue weighted by Gasteiger charge is -2.20. The third-order valence-electron chi connectivity index (χ3n) is 2.66. The summed E-state index contributed by atoms with van der Waals surface area (Å²) in [6.07, 6.45) is 3.58. The van der Waals surface area contributed by atoms with Crippen LogP contribution in [-0.2, 0) is 0 Å². The van der Waals surface area contributed by atoms with Gasteiger partial charge in [0.1, 0.15) is 0 Å². The van der Waals surface area contributed by atoms with Gasteiger partial charge < -0.3 is 5.32 Å². The number of rotatable bonds is 5.